The lowest BCUT2D eigenvalue weighted by molar-refractivity contribution is -0.114. The maximum atomic E-state index is 13.6. The average molecular weight is 637 g/mol. The number of carbonyl (C=O) groups is 3. The van der Waals surface area contributed by atoms with Gasteiger partial charge < -0.3 is 16.0 Å². The number of amides is 3. The predicted molar refractivity (Wildman–Crippen MR) is 174 cm³/mol. The fourth-order valence-corrected chi connectivity index (χ4v) is 5.37. The molecule has 0 aliphatic heterocycles. The molecule has 0 aliphatic rings. The van der Waals surface area contributed by atoms with E-state index in [0.717, 1.165) is 25.7 Å². The molecule has 0 aromatic heterocycles. The Bertz CT molecular complexity index is 1780. The van der Waals surface area contributed by atoms with Crippen molar-refractivity contribution in [1.82, 2.24) is 5.32 Å². The molecule has 5 rings (SSSR count). The molecule has 8 heteroatoms. The minimum atomic E-state index is -0.471. The third-order valence-electron chi connectivity index (χ3n) is 6.26. The summed E-state index contributed by atoms with van der Waals surface area (Å²) in [6.45, 7) is 0. The Labute approximate surface area is 256 Å². The smallest absolute Gasteiger partial charge is 0.272 e. The zero-order valence-corrected chi connectivity index (χ0v) is 24.7. The van der Waals surface area contributed by atoms with Crippen LogP contribution >= 0.6 is 27.7 Å². The topological polar surface area (TPSA) is 87.3 Å². The van der Waals surface area contributed by atoms with E-state index in [1.807, 2.05) is 78.9 Å². The number of rotatable bonds is 9. The Kier molecular flexibility index (Phi) is 9.48. The maximum absolute atomic E-state index is 13.6. The zero-order valence-electron chi connectivity index (χ0n) is 22.3. The van der Waals surface area contributed by atoms with Gasteiger partial charge in [0.25, 0.3) is 11.8 Å². The fraction of sp³-hybridized carbons (Fsp3) is 0.0294. The van der Waals surface area contributed by atoms with Crippen LogP contribution in [0.5, 0.6) is 0 Å². The van der Waals surface area contributed by atoms with E-state index in [9.17, 15) is 14.4 Å². The van der Waals surface area contributed by atoms with E-state index in [1.165, 1.54) is 11.8 Å². The van der Waals surface area contributed by atoms with Gasteiger partial charge in [-0.05, 0) is 80.8 Å². The Morgan fingerprint density at radius 1 is 0.738 bits per heavy atom. The van der Waals surface area contributed by atoms with Crippen LogP contribution < -0.4 is 16.0 Å². The summed E-state index contributed by atoms with van der Waals surface area (Å²) in [7, 11) is 0. The molecule has 0 spiro atoms. The molecule has 3 amide bonds. The van der Waals surface area contributed by atoms with E-state index in [-0.39, 0.29) is 17.4 Å². The molecule has 0 heterocycles. The van der Waals surface area contributed by atoms with Crippen LogP contribution in [-0.2, 0) is 9.59 Å². The molecule has 0 radical (unpaired) electrons. The van der Waals surface area contributed by atoms with Gasteiger partial charge in [0.15, 0.2) is 0 Å². The highest BCUT2D eigenvalue weighted by Crippen LogP contribution is 2.25. The molecule has 0 saturated carbocycles. The van der Waals surface area contributed by atoms with Gasteiger partial charge in [-0.1, -0.05) is 78.9 Å². The van der Waals surface area contributed by atoms with Crippen molar-refractivity contribution in [3.63, 3.8) is 0 Å². The van der Waals surface area contributed by atoms with Crippen LogP contribution in [0.1, 0.15) is 15.9 Å². The summed E-state index contributed by atoms with van der Waals surface area (Å²) in [6, 6.07) is 37.1. The van der Waals surface area contributed by atoms with Gasteiger partial charge >= 0.3 is 0 Å². The molecule has 0 bridgehead atoms. The molecule has 5 aromatic rings. The lowest BCUT2D eigenvalue weighted by Gasteiger charge is -2.13. The summed E-state index contributed by atoms with van der Waals surface area (Å²) in [6.07, 6.45) is 1.68. The van der Waals surface area contributed by atoms with Gasteiger partial charge in [-0.25, -0.2) is 0 Å². The van der Waals surface area contributed by atoms with E-state index in [4.69, 9.17) is 0 Å². The summed E-state index contributed by atoms with van der Waals surface area (Å²) in [4.78, 5) is 39.9. The summed E-state index contributed by atoms with van der Waals surface area (Å²) < 4.78 is 0.805. The number of thioether (sulfide) groups is 1. The number of nitrogens with one attached hydrogen (secondary N) is 3. The van der Waals surface area contributed by atoms with Crippen LogP contribution in [0.15, 0.2) is 136 Å². The largest absolute Gasteiger partial charge is 0.324 e. The maximum Gasteiger partial charge on any atom is 0.272 e. The van der Waals surface area contributed by atoms with Crippen molar-refractivity contribution < 1.29 is 14.4 Å². The standard InChI is InChI=1S/C34H26BrN3O3S/c35-29-18-6-7-19-30(29)37-32(39)22-42-27-16-9-15-26(21-27)36-34(41)31(38-33(40)24-11-2-1-3-12-24)20-25-14-8-13-23-10-4-5-17-28(23)25/h1-21H,22H2,(H,36,41)(H,37,39)(H,38,40)/b31-20+. The number of hydrogen-bond donors (Lipinski definition) is 3. The second-order valence-electron chi connectivity index (χ2n) is 9.25. The van der Waals surface area contributed by atoms with Gasteiger partial charge in [0.05, 0.1) is 11.4 Å². The van der Waals surface area contributed by atoms with Crippen molar-refractivity contribution >= 4 is 73.6 Å². The molecule has 0 aliphatic carbocycles. The first kappa shape index (κ1) is 28.9. The van der Waals surface area contributed by atoms with E-state index in [0.29, 0.717) is 16.9 Å². The highest BCUT2D eigenvalue weighted by Gasteiger charge is 2.16. The van der Waals surface area contributed by atoms with Crippen LogP contribution in [0.4, 0.5) is 11.4 Å². The first-order valence-electron chi connectivity index (χ1n) is 13.1. The van der Waals surface area contributed by atoms with E-state index >= 15 is 0 Å². The van der Waals surface area contributed by atoms with Crippen molar-refractivity contribution in [3.8, 4) is 0 Å². The number of para-hydroxylation sites is 1. The van der Waals surface area contributed by atoms with Gasteiger partial charge in [-0.15, -0.1) is 11.8 Å². The Morgan fingerprint density at radius 2 is 1.45 bits per heavy atom. The third-order valence-corrected chi connectivity index (χ3v) is 7.95. The number of hydrogen-bond acceptors (Lipinski definition) is 4. The number of benzene rings is 5. The van der Waals surface area contributed by atoms with Crippen molar-refractivity contribution in [1.29, 1.82) is 0 Å². The van der Waals surface area contributed by atoms with Gasteiger partial charge in [0, 0.05) is 20.6 Å². The highest BCUT2D eigenvalue weighted by atomic mass is 79.9. The lowest BCUT2D eigenvalue weighted by atomic mass is 10.0. The van der Waals surface area contributed by atoms with E-state index in [2.05, 4.69) is 31.9 Å². The predicted octanol–water partition coefficient (Wildman–Crippen LogP) is 7.74. The second kappa shape index (κ2) is 13.8. The SMILES string of the molecule is O=C(CSc1cccc(NC(=O)/C(=C\c2cccc3ccccc23)NC(=O)c2ccccc2)c1)Nc1ccccc1Br. The van der Waals surface area contributed by atoms with Crippen molar-refractivity contribution in [3.05, 3.63) is 143 Å². The normalized spacial score (nSPS) is 11.1. The molecule has 6 nitrogen and oxygen atoms in total. The van der Waals surface area contributed by atoms with Gasteiger partial charge in [-0.2, -0.15) is 0 Å². The minimum Gasteiger partial charge on any atom is -0.324 e. The molecule has 0 saturated heterocycles. The Hall–Kier alpha value is -4.66. The third kappa shape index (κ3) is 7.54. The molecule has 5 aromatic carbocycles. The summed E-state index contributed by atoms with van der Waals surface area (Å²) in [5.74, 6) is -0.818. The van der Waals surface area contributed by atoms with Crippen LogP contribution in [0.2, 0.25) is 0 Å². The first-order valence-corrected chi connectivity index (χ1v) is 14.9. The number of halogens is 1. The number of fused-ring (bicyclic) bond motifs is 1. The highest BCUT2D eigenvalue weighted by molar-refractivity contribution is 9.10. The number of carbonyl (C=O) groups excluding carboxylic acids is 3. The Morgan fingerprint density at radius 3 is 2.29 bits per heavy atom. The monoisotopic (exact) mass is 635 g/mol. The molecule has 42 heavy (non-hydrogen) atoms. The molecule has 3 N–H and O–H groups in total. The second-order valence-corrected chi connectivity index (χ2v) is 11.1. The fourth-order valence-electron chi connectivity index (χ4n) is 4.23. The molecular weight excluding hydrogens is 610 g/mol. The zero-order chi connectivity index (χ0) is 29.3. The molecule has 0 unspecified atom stereocenters. The molecule has 0 atom stereocenters. The lowest BCUT2D eigenvalue weighted by Crippen LogP contribution is -2.30. The van der Waals surface area contributed by atoms with Gasteiger partial charge in [0.1, 0.15) is 5.70 Å². The summed E-state index contributed by atoms with van der Waals surface area (Å²) in [5, 5.41) is 10.6. The molecular formula is C34H26BrN3O3S. The van der Waals surface area contributed by atoms with Crippen LogP contribution in [-0.4, -0.2) is 23.5 Å². The quantitative estimate of drug-likeness (QED) is 0.114. The number of anilines is 2. The van der Waals surface area contributed by atoms with Crippen molar-refractivity contribution in [2.75, 3.05) is 16.4 Å². The van der Waals surface area contributed by atoms with E-state index in [1.54, 1.807) is 48.5 Å². The Balaban J connectivity index is 1.34. The molecule has 0 fully saturated rings. The van der Waals surface area contributed by atoms with Crippen LogP contribution in [0.3, 0.4) is 0 Å². The van der Waals surface area contributed by atoms with Gasteiger partial charge in [0.2, 0.25) is 5.91 Å². The van der Waals surface area contributed by atoms with Crippen LogP contribution in [0.25, 0.3) is 16.8 Å². The van der Waals surface area contributed by atoms with E-state index < -0.39 is 11.8 Å². The van der Waals surface area contributed by atoms with Crippen molar-refractivity contribution in [2.45, 2.75) is 4.90 Å². The van der Waals surface area contributed by atoms with Crippen molar-refractivity contribution in [2.24, 2.45) is 0 Å². The average Bonchev–Trinajstić information content (AvgIpc) is 3.01. The first-order chi connectivity index (χ1) is 20.5. The molecule has 208 valence electrons. The van der Waals surface area contributed by atoms with Crippen LogP contribution in [0, 0.1) is 0 Å². The summed E-state index contributed by atoms with van der Waals surface area (Å²) in [5.41, 5.74) is 2.58. The summed E-state index contributed by atoms with van der Waals surface area (Å²) >= 11 is 4.79. The minimum absolute atomic E-state index is 0.103. The van der Waals surface area contributed by atoms with Gasteiger partial charge in [-0.3, -0.25) is 14.4 Å².